The van der Waals surface area contributed by atoms with Crippen molar-refractivity contribution in [2.75, 3.05) is 49.3 Å². The van der Waals surface area contributed by atoms with Crippen LogP contribution >= 0.6 is 0 Å². The number of rotatable bonds is 9. The van der Waals surface area contributed by atoms with Gasteiger partial charge in [-0.3, -0.25) is 19.7 Å². The average Bonchev–Trinajstić information content (AvgIpc) is 2.83. The van der Waals surface area contributed by atoms with E-state index in [4.69, 9.17) is 15.2 Å². The second kappa shape index (κ2) is 11.0. The molecule has 0 atom stereocenters. The molecule has 0 aromatic heterocycles. The summed E-state index contributed by atoms with van der Waals surface area (Å²) in [6, 6.07) is 12.5. The monoisotopic (exact) mass is 456 g/mol. The number of carbonyl (C=O) groups is 3. The Hall–Kier alpha value is -3.99. The lowest BCUT2D eigenvalue weighted by Gasteiger charge is -2.30. The minimum absolute atomic E-state index is 0.0118. The smallest absolute Gasteiger partial charge is 0.341 e. The van der Waals surface area contributed by atoms with Crippen molar-refractivity contribution in [1.29, 1.82) is 0 Å². The predicted octanol–water partition coefficient (Wildman–Crippen LogP) is 1.50. The van der Waals surface area contributed by atoms with Crippen LogP contribution in [0.25, 0.3) is 0 Å². The maximum atomic E-state index is 12.9. The molecule has 1 heterocycles. The van der Waals surface area contributed by atoms with E-state index < -0.39 is 29.3 Å². The highest BCUT2D eigenvalue weighted by molar-refractivity contribution is 6.00. The number of ether oxygens (including phenoxy) is 2. The number of nitro groups is 1. The number of hydrogen-bond donors (Lipinski definition) is 1. The zero-order chi connectivity index (χ0) is 23.8. The Kier molecular flexibility index (Phi) is 7.92. The lowest BCUT2D eigenvalue weighted by atomic mass is 10.1. The number of carbonyl (C=O) groups excluding carboxylic acids is 3. The molecule has 11 heteroatoms. The molecule has 2 amide bonds. The van der Waals surface area contributed by atoms with Crippen LogP contribution in [0.4, 0.5) is 17.1 Å². The number of morpholine rings is 1. The Morgan fingerprint density at radius 2 is 1.82 bits per heavy atom. The minimum atomic E-state index is -0.864. The molecule has 11 nitrogen and oxygen atoms in total. The van der Waals surface area contributed by atoms with Crippen molar-refractivity contribution < 1.29 is 28.8 Å². The number of nitro benzene ring substituents is 1. The van der Waals surface area contributed by atoms with Crippen molar-refractivity contribution in [2.24, 2.45) is 5.73 Å². The normalized spacial score (nSPS) is 13.3. The van der Waals surface area contributed by atoms with Crippen molar-refractivity contribution in [1.82, 2.24) is 0 Å². The summed E-state index contributed by atoms with van der Waals surface area (Å²) in [5.74, 6) is -2.00. The molecule has 3 rings (SSSR count). The number of para-hydroxylation sites is 1. The molecule has 0 radical (unpaired) electrons. The molecule has 1 saturated heterocycles. The molecule has 0 spiro atoms. The molecule has 0 unspecified atom stereocenters. The second-order valence-corrected chi connectivity index (χ2v) is 7.23. The number of hydrogen-bond acceptors (Lipinski definition) is 8. The summed E-state index contributed by atoms with van der Waals surface area (Å²) in [5.41, 5.74) is 5.92. The van der Waals surface area contributed by atoms with Gasteiger partial charge in [-0.15, -0.1) is 0 Å². The van der Waals surface area contributed by atoms with Crippen LogP contribution in [0.2, 0.25) is 0 Å². The minimum Gasteiger partial charge on any atom is -0.452 e. The molecule has 1 aliphatic heterocycles. The van der Waals surface area contributed by atoms with Crippen LogP contribution < -0.4 is 15.5 Å². The van der Waals surface area contributed by atoms with Gasteiger partial charge in [0.2, 0.25) is 5.91 Å². The second-order valence-electron chi connectivity index (χ2n) is 7.23. The number of benzene rings is 2. The summed E-state index contributed by atoms with van der Waals surface area (Å²) < 4.78 is 10.6. The number of esters is 1. The van der Waals surface area contributed by atoms with E-state index in [9.17, 15) is 24.5 Å². The summed E-state index contributed by atoms with van der Waals surface area (Å²) in [5, 5.41) is 11.2. The van der Waals surface area contributed by atoms with Gasteiger partial charge in [-0.05, 0) is 18.2 Å². The van der Waals surface area contributed by atoms with E-state index in [1.54, 1.807) is 30.3 Å². The predicted molar refractivity (Wildman–Crippen MR) is 119 cm³/mol. The van der Waals surface area contributed by atoms with Gasteiger partial charge in [0.15, 0.2) is 6.61 Å². The average molecular weight is 456 g/mol. The molecular formula is C22H24N4O7. The number of amides is 2. The first-order valence-electron chi connectivity index (χ1n) is 10.3. The Balaban J connectivity index is 1.77. The van der Waals surface area contributed by atoms with Crippen molar-refractivity contribution >= 4 is 34.8 Å². The lowest BCUT2D eigenvalue weighted by molar-refractivity contribution is -0.384. The van der Waals surface area contributed by atoms with Gasteiger partial charge in [-0.1, -0.05) is 18.2 Å². The van der Waals surface area contributed by atoms with E-state index in [0.717, 1.165) is 6.07 Å². The summed E-state index contributed by atoms with van der Waals surface area (Å²) in [7, 11) is 0. The van der Waals surface area contributed by atoms with Gasteiger partial charge >= 0.3 is 5.97 Å². The van der Waals surface area contributed by atoms with E-state index in [-0.39, 0.29) is 24.2 Å². The highest BCUT2D eigenvalue weighted by atomic mass is 16.6. The highest BCUT2D eigenvalue weighted by Gasteiger charge is 2.25. The van der Waals surface area contributed by atoms with E-state index in [1.807, 2.05) is 4.90 Å². The van der Waals surface area contributed by atoms with E-state index in [2.05, 4.69) is 0 Å². The quantitative estimate of drug-likeness (QED) is 0.339. The summed E-state index contributed by atoms with van der Waals surface area (Å²) >= 11 is 0. The van der Waals surface area contributed by atoms with Crippen LogP contribution in [0.3, 0.4) is 0 Å². The van der Waals surface area contributed by atoms with Gasteiger partial charge in [0.1, 0.15) is 0 Å². The van der Waals surface area contributed by atoms with E-state index in [0.29, 0.717) is 37.7 Å². The topological polar surface area (TPSA) is 145 Å². The number of anilines is 2. The number of non-ortho nitro benzene ring substituents is 1. The van der Waals surface area contributed by atoms with Gasteiger partial charge < -0.3 is 25.0 Å². The summed E-state index contributed by atoms with van der Waals surface area (Å²) in [6.07, 6.45) is -0.0688. The molecule has 0 bridgehead atoms. The number of nitrogens with two attached hydrogens (primary N) is 1. The van der Waals surface area contributed by atoms with E-state index >= 15 is 0 Å². The van der Waals surface area contributed by atoms with Crippen molar-refractivity contribution in [3.63, 3.8) is 0 Å². The van der Waals surface area contributed by atoms with Crippen molar-refractivity contribution in [3.05, 3.63) is 64.2 Å². The van der Waals surface area contributed by atoms with E-state index in [1.165, 1.54) is 17.0 Å². The molecule has 1 aliphatic rings. The number of primary amides is 1. The third-order valence-corrected chi connectivity index (χ3v) is 5.04. The first-order valence-corrected chi connectivity index (χ1v) is 10.3. The van der Waals surface area contributed by atoms with Crippen LogP contribution in [0.5, 0.6) is 0 Å². The molecule has 33 heavy (non-hydrogen) atoms. The Morgan fingerprint density at radius 1 is 1.12 bits per heavy atom. The van der Waals surface area contributed by atoms with Crippen LogP contribution in [-0.2, 0) is 19.1 Å². The Labute approximate surface area is 189 Å². The molecule has 0 aliphatic carbocycles. The fraction of sp³-hybridized carbons (Fsp3) is 0.318. The Morgan fingerprint density at radius 3 is 2.45 bits per heavy atom. The van der Waals surface area contributed by atoms with Crippen molar-refractivity contribution in [3.8, 4) is 0 Å². The summed E-state index contributed by atoms with van der Waals surface area (Å²) in [4.78, 5) is 50.7. The molecule has 2 N–H and O–H groups in total. The molecule has 0 saturated carbocycles. The van der Waals surface area contributed by atoms with Gasteiger partial charge in [0.25, 0.3) is 11.6 Å². The molecule has 2 aromatic carbocycles. The summed E-state index contributed by atoms with van der Waals surface area (Å²) in [6.45, 7) is 1.33. The first-order chi connectivity index (χ1) is 15.9. The third kappa shape index (κ3) is 6.26. The molecule has 2 aromatic rings. The maximum absolute atomic E-state index is 12.9. The highest BCUT2D eigenvalue weighted by Crippen LogP contribution is 2.27. The van der Waals surface area contributed by atoms with Gasteiger partial charge in [-0.2, -0.15) is 0 Å². The lowest BCUT2D eigenvalue weighted by Crippen LogP contribution is -2.38. The molecule has 174 valence electrons. The first kappa shape index (κ1) is 23.7. The van der Waals surface area contributed by atoms with Crippen LogP contribution in [0, 0.1) is 10.1 Å². The van der Waals surface area contributed by atoms with Gasteiger partial charge in [0, 0.05) is 43.9 Å². The molecule has 1 fully saturated rings. The SMILES string of the molecule is NC(=O)CCN(C(=O)COC(=O)c1cc([N+](=O)[O-])ccc1N1CCOCC1)c1ccccc1. The zero-order valence-electron chi connectivity index (χ0n) is 17.8. The van der Waals surface area contributed by atoms with Crippen LogP contribution in [-0.4, -0.2) is 62.2 Å². The number of nitrogens with zero attached hydrogens (tertiary/aromatic N) is 3. The zero-order valence-corrected chi connectivity index (χ0v) is 17.8. The fourth-order valence-electron chi connectivity index (χ4n) is 3.39. The van der Waals surface area contributed by atoms with Gasteiger partial charge in [0.05, 0.1) is 29.4 Å². The Bertz CT molecular complexity index is 1020. The molecular weight excluding hydrogens is 432 g/mol. The fourth-order valence-corrected chi connectivity index (χ4v) is 3.39. The van der Waals surface area contributed by atoms with Gasteiger partial charge in [-0.25, -0.2) is 4.79 Å². The van der Waals surface area contributed by atoms with Crippen LogP contribution in [0.1, 0.15) is 16.8 Å². The standard InChI is InChI=1S/C22H24N4O7/c23-20(27)8-9-25(16-4-2-1-3-5-16)21(28)15-33-22(29)18-14-17(26(30)31)6-7-19(18)24-10-12-32-13-11-24/h1-7,14H,8-13,15H2,(H2,23,27). The maximum Gasteiger partial charge on any atom is 0.341 e. The van der Waals surface area contributed by atoms with Crippen LogP contribution in [0.15, 0.2) is 48.5 Å². The third-order valence-electron chi connectivity index (χ3n) is 5.04. The van der Waals surface area contributed by atoms with Crippen molar-refractivity contribution in [2.45, 2.75) is 6.42 Å². The largest absolute Gasteiger partial charge is 0.452 e.